The molecule has 3 N–H and O–H groups in total. The zero-order chi connectivity index (χ0) is 25.8. The van der Waals surface area contributed by atoms with Gasteiger partial charge in [-0.3, -0.25) is 9.59 Å². The summed E-state index contributed by atoms with van der Waals surface area (Å²) in [4.78, 5) is 34.1. The molecule has 2 heterocycles. The molecule has 0 radical (unpaired) electrons. The molecule has 1 aliphatic heterocycles. The zero-order valence-corrected chi connectivity index (χ0v) is 21.2. The highest BCUT2D eigenvalue weighted by Crippen LogP contribution is 2.44. The SMILES string of the molecule is O=C(N[C@H](Cc1ccc(Cl)c(Cl)c1)C(=O)NCCc1cnc[nH]1)C1c2ccccc2Oc2ccccc21. The first-order valence-electron chi connectivity index (χ1n) is 11.8. The van der Waals surface area contributed by atoms with Crippen molar-refractivity contribution < 1.29 is 14.3 Å². The van der Waals surface area contributed by atoms with Gasteiger partial charge in [0, 0.05) is 42.4 Å². The van der Waals surface area contributed by atoms with Gasteiger partial charge in [-0.15, -0.1) is 0 Å². The number of para-hydroxylation sites is 2. The smallest absolute Gasteiger partial charge is 0.242 e. The molecule has 0 saturated carbocycles. The van der Waals surface area contributed by atoms with E-state index in [-0.39, 0.29) is 18.2 Å². The highest BCUT2D eigenvalue weighted by molar-refractivity contribution is 6.42. The first-order valence-corrected chi connectivity index (χ1v) is 12.6. The normalized spacial score (nSPS) is 13.1. The molecule has 0 fully saturated rings. The van der Waals surface area contributed by atoms with Crippen molar-refractivity contribution >= 4 is 35.0 Å². The Morgan fingerprint density at radius 3 is 2.32 bits per heavy atom. The molecule has 2 amide bonds. The quantitative estimate of drug-likeness (QED) is 0.295. The fourth-order valence-corrected chi connectivity index (χ4v) is 4.74. The van der Waals surface area contributed by atoms with Crippen LogP contribution in [-0.4, -0.2) is 34.4 Å². The van der Waals surface area contributed by atoms with Crippen molar-refractivity contribution in [3.63, 3.8) is 0 Å². The molecule has 0 spiro atoms. The predicted molar refractivity (Wildman–Crippen MR) is 142 cm³/mol. The largest absolute Gasteiger partial charge is 0.457 e. The van der Waals surface area contributed by atoms with E-state index in [1.165, 1.54) is 0 Å². The van der Waals surface area contributed by atoms with Crippen LogP contribution in [0.25, 0.3) is 0 Å². The Labute approximate surface area is 224 Å². The van der Waals surface area contributed by atoms with E-state index in [4.69, 9.17) is 27.9 Å². The van der Waals surface area contributed by atoms with Crippen LogP contribution in [0, 0.1) is 0 Å². The van der Waals surface area contributed by atoms with Crippen LogP contribution in [-0.2, 0) is 22.4 Å². The molecule has 5 rings (SSSR count). The summed E-state index contributed by atoms with van der Waals surface area (Å²) in [6.07, 6.45) is 4.13. The Balaban J connectivity index is 1.39. The second kappa shape index (κ2) is 11.1. The van der Waals surface area contributed by atoms with E-state index >= 15 is 0 Å². The lowest BCUT2D eigenvalue weighted by molar-refractivity contribution is -0.129. The monoisotopic (exact) mass is 534 g/mol. The summed E-state index contributed by atoms with van der Waals surface area (Å²) in [5, 5.41) is 6.73. The third-order valence-electron chi connectivity index (χ3n) is 6.25. The number of carbonyl (C=O) groups excluding carboxylic acids is 2. The van der Waals surface area contributed by atoms with Gasteiger partial charge in [0.1, 0.15) is 17.5 Å². The minimum atomic E-state index is -0.839. The van der Waals surface area contributed by atoms with Crippen molar-refractivity contribution in [1.29, 1.82) is 0 Å². The van der Waals surface area contributed by atoms with E-state index in [1.54, 1.807) is 30.7 Å². The van der Waals surface area contributed by atoms with Crippen molar-refractivity contribution in [3.05, 3.63) is 112 Å². The standard InChI is InChI=1S/C28H24Cl2N4O3/c29-21-10-9-17(13-22(21)30)14-23(27(35)32-12-11-18-15-31-16-33-18)34-28(36)26-19-5-1-3-7-24(19)37-25-8-4-2-6-20(25)26/h1-10,13,15-16,23,26H,11-12,14H2,(H,31,33)(H,32,35)(H,34,36)/t23-/m1/s1. The van der Waals surface area contributed by atoms with E-state index in [0.717, 1.165) is 22.4 Å². The van der Waals surface area contributed by atoms with Gasteiger partial charge in [0.15, 0.2) is 0 Å². The summed E-state index contributed by atoms with van der Waals surface area (Å²) in [7, 11) is 0. The van der Waals surface area contributed by atoms with Gasteiger partial charge in [-0.05, 0) is 29.8 Å². The van der Waals surface area contributed by atoms with Crippen LogP contribution in [0.4, 0.5) is 0 Å². The minimum Gasteiger partial charge on any atom is -0.457 e. The van der Waals surface area contributed by atoms with E-state index < -0.39 is 12.0 Å². The number of ether oxygens (including phenoxy) is 1. The fraction of sp³-hybridized carbons (Fsp3) is 0.179. The molecule has 0 bridgehead atoms. The number of H-pyrrole nitrogens is 1. The lowest BCUT2D eigenvalue weighted by Crippen LogP contribution is -2.50. The van der Waals surface area contributed by atoms with Gasteiger partial charge < -0.3 is 20.4 Å². The first-order chi connectivity index (χ1) is 18.0. The van der Waals surface area contributed by atoms with Crippen LogP contribution in [0.15, 0.2) is 79.3 Å². The van der Waals surface area contributed by atoms with Gasteiger partial charge in [-0.25, -0.2) is 4.98 Å². The number of hydrogen-bond acceptors (Lipinski definition) is 4. The van der Waals surface area contributed by atoms with Crippen LogP contribution in [0.5, 0.6) is 11.5 Å². The van der Waals surface area contributed by atoms with Crippen LogP contribution < -0.4 is 15.4 Å². The maximum atomic E-state index is 13.8. The number of carbonyl (C=O) groups is 2. The Hall–Kier alpha value is -3.81. The zero-order valence-electron chi connectivity index (χ0n) is 19.7. The molecular weight excluding hydrogens is 511 g/mol. The molecule has 3 aromatic carbocycles. The van der Waals surface area contributed by atoms with Crippen LogP contribution in [0.3, 0.4) is 0 Å². The predicted octanol–water partition coefficient (Wildman–Crippen LogP) is 5.04. The summed E-state index contributed by atoms with van der Waals surface area (Å²) < 4.78 is 6.02. The van der Waals surface area contributed by atoms with Gasteiger partial charge >= 0.3 is 0 Å². The van der Waals surface area contributed by atoms with E-state index in [0.29, 0.717) is 34.5 Å². The molecule has 37 heavy (non-hydrogen) atoms. The highest BCUT2D eigenvalue weighted by Gasteiger charge is 2.34. The van der Waals surface area contributed by atoms with Gasteiger partial charge in [0.2, 0.25) is 11.8 Å². The van der Waals surface area contributed by atoms with Gasteiger partial charge in [0.25, 0.3) is 0 Å². The lowest BCUT2D eigenvalue weighted by Gasteiger charge is -2.29. The molecule has 0 aliphatic carbocycles. The minimum absolute atomic E-state index is 0.241. The van der Waals surface area contributed by atoms with E-state index in [9.17, 15) is 9.59 Å². The molecule has 4 aromatic rings. The summed E-state index contributed by atoms with van der Waals surface area (Å²) >= 11 is 12.3. The topological polar surface area (TPSA) is 96.1 Å². The molecule has 0 saturated heterocycles. The molecule has 188 valence electrons. The van der Waals surface area contributed by atoms with E-state index in [1.807, 2.05) is 48.5 Å². The third kappa shape index (κ3) is 5.63. The van der Waals surface area contributed by atoms with Gasteiger partial charge in [0.05, 0.1) is 22.3 Å². The molecular formula is C28H24Cl2N4O3. The molecule has 1 atom stereocenters. The molecule has 1 aromatic heterocycles. The number of fused-ring (bicyclic) bond motifs is 2. The number of amides is 2. The van der Waals surface area contributed by atoms with E-state index in [2.05, 4.69) is 20.6 Å². The lowest BCUT2D eigenvalue weighted by atomic mass is 9.87. The second-order valence-corrected chi connectivity index (χ2v) is 9.56. The van der Waals surface area contributed by atoms with Crippen LogP contribution in [0.2, 0.25) is 10.0 Å². The summed E-state index contributed by atoms with van der Waals surface area (Å²) in [6.45, 7) is 0.387. The summed E-state index contributed by atoms with van der Waals surface area (Å²) in [5.74, 6) is 0.0116. The Kier molecular flexibility index (Phi) is 7.44. The van der Waals surface area contributed by atoms with Crippen LogP contribution in [0.1, 0.15) is 28.3 Å². The van der Waals surface area contributed by atoms with Crippen molar-refractivity contribution in [1.82, 2.24) is 20.6 Å². The van der Waals surface area contributed by atoms with Crippen LogP contribution >= 0.6 is 23.2 Å². The van der Waals surface area contributed by atoms with Crippen molar-refractivity contribution in [3.8, 4) is 11.5 Å². The Morgan fingerprint density at radius 2 is 1.68 bits per heavy atom. The number of hydrogen-bond donors (Lipinski definition) is 3. The molecule has 7 nitrogen and oxygen atoms in total. The number of rotatable bonds is 8. The van der Waals surface area contributed by atoms with Crippen molar-refractivity contribution in [2.75, 3.05) is 6.54 Å². The summed E-state index contributed by atoms with van der Waals surface area (Å²) in [6, 6.07) is 19.2. The molecule has 9 heteroatoms. The number of nitrogens with zero attached hydrogens (tertiary/aromatic N) is 1. The van der Waals surface area contributed by atoms with Gasteiger partial charge in [-0.1, -0.05) is 65.7 Å². The van der Waals surface area contributed by atoms with Crippen molar-refractivity contribution in [2.24, 2.45) is 0 Å². The summed E-state index contributed by atoms with van der Waals surface area (Å²) in [5.41, 5.74) is 3.16. The fourth-order valence-electron chi connectivity index (χ4n) is 4.42. The number of aromatic amines is 1. The molecule has 1 aliphatic rings. The number of aromatic nitrogens is 2. The average molecular weight is 535 g/mol. The Morgan fingerprint density at radius 1 is 0.973 bits per heavy atom. The maximum absolute atomic E-state index is 13.8. The Bertz CT molecular complexity index is 1380. The van der Waals surface area contributed by atoms with Gasteiger partial charge in [-0.2, -0.15) is 0 Å². The molecule has 0 unspecified atom stereocenters. The second-order valence-electron chi connectivity index (χ2n) is 8.74. The first kappa shape index (κ1) is 24.9. The number of nitrogens with one attached hydrogen (secondary N) is 3. The maximum Gasteiger partial charge on any atom is 0.242 e. The average Bonchev–Trinajstić information content (AvgIpc) is 3.42. The van der Waals surface area contributed by atoms with Crippen molar-refractivity contribution in [2.45, 2.75) is 24.8 Å². The number of benzene rings is 3. The third-order valence-corrected chi connectivity index (χ3v) is 6.99. The number of imidazole rings is 1. The number of halogens is 2. The highest BCUT2D eigenvalue weighted by atomic mass is 35.5.